The Balaban J connectivity index is 2.85. The molecule has 0 fully saturated rings. The first-order valence-corrected chi connectivity index (χ1v) is 4.27. The van der Waals surface area contributed by atoms with Crippen LogP contribution in [0.1, 0.15) is 24.4 Å². The van der Waals surface area contributed by atoms with E-state index in [-0.39, 0.29) is 0 Å². The van der Waals surface area contributed by atoms with Crippen molar-refractivity contribution in [1.82, 2.24) is 9.55 Å². The molecule has 3 nitrogen and oxygen atoms in total. The SMILES string of the molecule is CCCn1cncc1C(Cl)C#N. The van der Waals surface area contributed by atoms with Crippen LogP contribution in [0.2, 0.25) is 0 Å². The van der Waals surface area contributed by atoms with Gasteiger partial charge in [-0.15, -0.1) is 0 Å². The molecule has 0 aromatic carbocycles. The average molecular weight is 184 g/mol. The Kier molecular flexibility index (Phi) is 3.12. The number of imidazole rings is 1. The average Bonchev–Trinajstić information content (AvgIpc) is 2.52. The van der Waals surface area contributed by atoms with Gasteiger partial charge >= 0.3 is 0 Å². The molecule has 1 rings (SSSR count). The van der Waals surface area contributed by atoms with Crippen molar-refractivity contribution in [2.24, 2.45) is 0 Å². The maximum atomic E-state index is 8.58. The van der Waals surface area contributed by atoms with Gasteiger partial charge in [0.2, 0.25) is 0 Å². The van der Waals surface area contributed by atoms with Crippen molar-refractivity contribution < 1.29 is 0 Å². The van der Waals surface area contributed by atoms with Crippen LogP contribution in [0.5, 0.6) is 0 Å². The minimum Gasteiger partial charge on any atom is -0.332 e. The van der Waals surface area contributed by atoms with E-state index in [4.69, 9.17) is 16.9 Å². The molecule has 0 saturated heterocycles. The zero-order chi connectivity index (χ0) is 8.97. The molecule has 4 heteroatoms. The minimum absolute atomic E-state index is 0.584. The van der Waals surface area contributed by atoms with Crippen LogP contribution in [0, 0.1) is 11.3 Å². The Morgan fingerprint density at radius 2 is 2.58 bits per heavy atom. The normalized spacial score (nSPS) is 12.4. The summed E-state index contributed by atoms with van der Waals surface area (Å²) < 4.78 is 1.90. The first-order chi connectivity index (χ1) is 5.79. The number of halogens is 1. The highest BCUT2D eigenvalue weighted by Gasteiger charge is 2.10. The van der Waals surface area contributed by atoms with Crippen molar-refractivity contribution >= 4 is 11.6 Å². The molecular weight excluding hydrogens is 174 g/mol. The molecule has 1 aromatic heterocycles. The number of aryl methyl sites for hydroxylation is 1. The van der Waals surface area contributed by atoms with Crippen molar-refractivity contribution in [2.45, 2.75) is 25.3 Å². The molecule has 0 radical (unpaired) electrons. The van der Waals surface area contributed by atoms with E-state index in [2.05, 4.69) is 11.9 Å². The smallest absolute Gasteiger partial charge is 0.161 e. The molecule has 0 bridgehead atoms. The van der Waals surface area contributed by atoms with E-state index in [1.165, 1.54) is 0 Å². The van der Waals surface area contributed by atoms with Gasteiger partial charge < -0.3 is 4.57 Å². The molecule has 0 amide bonds. The molecule has 64 valence electrons. The van der Waals surface area contributed by atoms with E-state index in [1.807, 2.05) is 10.6 Å². The molecule has 1 atom stereocenters. The van der Waals surface area contributed by atoms with Gasteiger partial charge in [0, 0.05) is 6.54 Å². The van der Waals surface area contributed by atoms with E-state index in [1.54, 1.807) is 12.5 Å². The quantitative estimate of drug-likeness (QED) is 0.674. The van der Waals surface area contributed by atoms with E-state index in [0.29, 0.717) is 0 Å². The van der Waals surface area contributed by atoms with E-state index in [0.717, 1.165) is 18.7 Å². The lowest BCUT2D eigenvalue weighted by Crippen LogP contribution is -2.01. The van der Waals surface area contributed by atoms with Gasteiger partial charge in [0.25, 0.3) is 0 Å². The number of aromatic nitrogens is 2. The second-order valence-corrected chi connectivity index (χ2v) is 2.94. The van der Waals surface area contributed by atoms with Gasteiger partial charge in [0.1, 0.15) is 0 Å². The lowest BCUT2D eigenvalue weighted by molar-refractivity contribution is 0.653. The molecule has 0 aliphatic rings. The van der Waals surface area contributed by atoms with Gasteiger partial charge in [0.15, 0.2) is 5.38 Å². The van der Waals surface area contributed by atoms with Crippen LogP contribution in [0.25, 0.3) is 0 Å². The summed E-state index contributed by atoms with van der Waals surface area (Å²) in [5, 5.41) is 7.99. The molecule has 0 N–H and O–H groups in total. The summed E-state index contributed by atoms with van der Waals surface area (Å²) in [4.78, 5) is 3.94. The van der Waals surface area contributed by atoms with Crippen LogP contribution in [-0.4, -0.2) is 9.55 Å². The van der Waals surface area contributed by atoms with Crippen LogP contribution >= 0.6 is 11.6 Å². The maximum absolute atomic E-state index is 8.58. The van der Waals surface area contributed by atoms with Crippen LogP contribution in [0.3, 0.4) is 0 Å². The Hall–Kier alpha value is -1.01. The molecule has 1 unspecified atom stereocenters. The van der Waals surface area contributed by atoms with E-state index < -0.39 is 5.38 Å². The van der Waals surface area contributed by atoms with Gasteiger partial charge in [-0.25, -0.2) is 4.98 Å². The van der Waals surface area contributed by atoms with Gasteiger partial charge in [-0.1, -0.05) is 18.5 Å². The van der Waals surface area contributed by atoms with Crippen LogP contribution in [0.15, 0.2) is 12.5 Å². The first-order valence-electron chi connectivity index (χ1n) is 3.83. The monoisotopic (exact) mass is 183 g/mol. The van der Waals surface area contributed by atoms with Crippen LogP contribution in [0.4, 0.5) is 0 Å². The fourth-order valence-electron chi connectivity index (χ4n) is 1.04. The van der Waals surface area contributed by atoms with Gasteiger partial charge in [-0.2, -0.15) is 5.26 Å². The number of alkyl halides is 1. The minimum atomic E-state index is -0.584. The summed E-state index contributed by atoms with van der Waals surface area (Å²) in [6.07, 6.45) is 4.35. The molecule has 1 heterocycles. The topological polar surface area (TPSA) is 41.6 Å². The van der Waals surface area contributed by atoms with Crippen molar-refractivity contribution in [1.29, 1.82) is 5.26 Å². The van der Waals surface area contributed by atoms with Gasteiger partial charge in [-0.3, -0.25) is 0 Å². The van der Waals surface area contributed by atoms with E-state index >= 15 is 0 Å². The van der Waals surface area contributed by atoms with Gasteiger partial charge in [0.05, 0.1) is 24.3 Å². The van der Waals surface area contributed by atoms with Crippen molar-refractivity contribution in [2.75, 3.05) is 0 Å². The Morgan fingerprint density at radius 1 is 1.83 bits per heavy atom. The summed E-state index contributed by atoms with van der Waals surface area (Å²) >= 11 is 5.75. The highest BCUT2D eigenvalue weighted by Crippen LogP contribution is 2.18. The highest BCUT2D eigenvalue weighted by atomic mass is 35.5. The number of hydrogen-bond acceptors (Lipinski definition) is 2. The second-order valence-electron chi connectivity index (χ2n) is 2.50. The molecule has 0 aliphatic heterocycles. The highest BCUT2D eigenvalue weighted by molar-refractivity contribution is 6.22. The summed E-state index contributed by atoms with van der Waals surface area (Å²) in [5.74, 6) is 0. The summed E-state index contributed by atoms with van der Waals surface area (Å²) in [6.45, 7) is 2.93. The zero-order valence-electron chi connectivity index (χ0n) is 6.87. The predicted molar refractivity (Wildman–Crippen MR) is 46.7 cm³/mol. The lowest BCUT2D eigenvalue weighted by Gasteiger charge is -2.05. The lowest BCUT2D eigenvalue weighted by atomic mass is 10.3. The van der Waals surface area contributed by atoms with Gasteiger partial charge in [-0.05, 0) is 6.42 Å². The third-order valence-corrected chi connectivity index (χ3v) is 1.90. The van der Waals surface area contributed by atoms with Crippen molar-refractivity contribution in [3.8, 4) is 6.07 Å². The van der Waals surface area contributed by atoms with Crippen molar-refractivity contribution in [3.05, 3.63) is 18.2 Å². The molecule has 0 spiro atoms. The standard InChI is InChI=1S/C8H10ClN3/c1-2-3-12-6-11-5-8(12)7(9)4-10/h5-7H,2-3H2,1H3. The fourth-order valence-corrected chi connectivity index (χ4v) is 1.22. The largest absolute Gasteiger partial charge is 0.332 e. The first kappa shape index (κ1) is 9.08. The van der Waals surface area contributed by atoms with Crippen LogP contribution in [-0.2, 0) is 6.54 Å². The zero-order valence-corrected chi connectivity index (χ0v) is 7.62. The summed E-state index contributed by atoms with van der Waals surface area (Å²) in [6, 6.07) is 1.97. The van der Waals surface area contributed by atoms with Crippen molar-refractivity contribution in [3.63, 3.8) is 0 Å². The Labute approximate surface area is 76.6 Å². The fraction of sp³-hybridized carbons (Fsp3) is 0.500. The second kappa shape index (κ2) is 4.13. The summed E-state index contributed by atoms with van der Waals surface area (Å²) in [7, 11) is 0. The maximum Gasteiger partial charge on any atom is 0.161 e. The molecule has 12 heavy (non-hydrogen) atoms. The molecule has 0 aliphatic carbocycles. The molecule has 1 aromatic rings. The number of hydrogen-bond donors (Lipinski definition) is 0. The Morgan fingerprint density at radius 3 is 3.17 bits per heavy atom. The number of nitriles is 1. The third-order valence-electron chi connectivity index (χ3n) is 1.58. The number of nitrogens with zero attached hydrogens (tertiary/aromatic N) is 3. The number of rotatable bonds is 3. The Bertz CT molecular complexity index is 287. The summed E-state index contributed by atoms with van der Waals surface area (Å²) in [5.41, 5.74) is 0.779. The molecule has 0 saturated carbocycles. The molecular formula is C8H10ClN3. The van der Waals surface area contributed by atoms with Crippen LogP contribution < -0.4 is 0 Å². The third kappa shape index (κ3) is 1.77. The predicted octanol–water partition coefficient (Wildman–Crippen LogP) is 2.10. The van der Waals surface area contributed by atoms with E-state index in [9.17, 15) is 0 Å².